The van der Waals surface area contributed by atoms with E-state index in [4.69, 9.17) is 9.47 Å². The summed E-state index contributed by atoms with van der Waals surface area (Å²) in [6.07, 6.45) is -0.903. The fourth-order valence-corrected chi connectivity index (χ4v) is 3.08. The lowest BCUT2D eigenvalue weighted by atomic mass is 9.90. The second-order valence-electron chi connectivity index (χ2n) is 8.22. The van der Waals surface area contributed by atoms with Crippen LogP contribution in [0.4, 0.5) is 9.59 Å². The van der Waals surface area contributed by atoms with Gasteiger partial charge in [0.1, 0.15) is 17.7 Å². The second kappa shape index (κ2) is 8.98. The van der Waals surface area contributed by atoms with Gasteiger partial charge >= 0.3 is 12.2 Å². The van der Waals surface area contributed by atoms with Gasteiger partial charge in [0, 0.05) is 13.0 Å². The smallest absolute Gasteiger partial charge is 0.426 e. The lowest BCUT2D eigenvalue weighted by Crippen LogP contribution is -2.57. The molecule has 2 rings (SSSR count). The van der Waals surface area contributed by atoms with Crippen molar-refractivity contribution in [3.05, 3.63) is 48.0 Å². The lowest BCUT2D eigenvalue weighted by molar-refractivity contribution is -0.135. The first kappa shape index (κ1) is 22.3. The molecule has 0 aromatic heterocycles. The van der Waals surface area contributed by atoms with Gasteiger partial charge in [-0.3, -0.25) is 4.79 Å². The van der Waals surface area contributed by atoms with Gasteiger partial charge in [0.2, 0.25) is 0 Å². The Balaban J connectivity index is 2.03. The molecule has 0 spiro atoms. The summed E-state index contributed by atoms with van der Waals surface area (Å²) in [5.74, 6) is -0.442. The normalized spacial score (nSPS) is 18.9. The van der Waals surface area contributed by atoms with Crippen molar-refractivity contribution in [2.24, 2.45) is 0 Å². The molecule has 1 atom stereocenters. The number of alkyl carbamates (subject to hydrolysis) is 1. The molecule has 1 saturated heterocycles. The van der Waals surface area contributed by atoms with Crippen molar-refractivity contribution in [1.82, 2.24) is 15.8 Å². The maximum Gasteiger partial charge on any atom is 0.426 e. The molecule has 8 heteroatoms. The number of nitrogens with zero attached hydrogens (tertiary/aromatic N) is 1. The minimum absolute atomic E-state index is 0.0872. The maximum atomic E-state index is 13.0. The third-order valence-corrected chi connectivity index (χ3v) is 4.20. The van der Waals surface area contributed by atoms with Crippen molar-refractivity contribution in [3.8, 4) is 0 Å². The summed E-state index contributed by atoms with van der Waals surface area (Å²) in [5.41, 5.74) is 2.08. The Hall–Kier alpha value is -3.03. The number of rotatable bonds is 6. The van der Waals surface area contributed by atoms with Crippen LogP contribution >= 0.6 is 0 Å². The fourth-order valence-electron chi connectivity index (χ4n) is 3.08. The van der Waals surface area contributed by atoms with Gasteiger partial charge < -0.3 is 14.8 Å². The van der Waals surface area contributed by atoms with Crippen molar-refractivity contribution >= 4 is 18.1 Å². The number of amides is 3. The molecule has 158 valence electrons. The zero-order chi connectivity index (χ0) is 21.7. The van der Waals surface area contributed by atoms with E-state index in [-0.39, 0.29) is 19.6 Å². The first-order chi connectivity index (χ1) is 13.5. The van der Waals surface area contributed by atoms with Crippen LogP contribution in [0.5, 0.6) is 0 Å². The summed E-state index contributed by atoms with van der Waals surface area (Å²) in [6.45, 7) is 11.1. The minimum Gasteiger partial charge on any atom is -0.445 e. The first-order valence-corrected chi connectivity index (χ1v) is 9.46. The van der Waals surface area contributed by atoms with Crippen molar-refractivity contribution in [2.75, 3.05) is 6.54 Å². The molecule has 1 heterocycles. The lowest BCUT2D eigenvalue weighted by Gasteiger charge is -2.29. The van der Waals surface area contributed by atoms with Gasteiger partial charge in [-0.25, -0.2) is 20.0 Å². The fraction of sp³-hybridized carbons (Fsp3) is 0.476. The van der Waals surface area contributed by atoms with E-state index >= 15 is 0 Å². The van der Waals surface area contributed by atoms with Crippen LogP contribution in [0.25, 0.3) is 0 Å². The van der Waals surface area contributed by atoms with Crippen LogP contribution in [-0.2, 0) is 20.9 Å². The number of hydrogen-bond acceptors (Lipinski definition) is 5. The molecule has 1 fully saturated rings. The highest BCUT2D eigenvalue weighted by Crippen LogP contribution is 2.28. The number of benzene rings is 1. The van der Waals surface area contributed by atoms with E-state index in [1.54, 1.807) is 27.7 Å². The highest BCUT2D eigenvalue weighted by Gasteiger charge is 2.49. The van der Waals surface area contributed by atoms with Crippen molar-refractivity contribution < 1.29 is 23.9 Å². The Morgan fingerprint density at radius 3 is 2.45 bits per heavy atom. The van der Waals surface area contributed by atoms with Gasteiger partial charge in [0.05, 0.1) is 0 Å². The zero-order valence-electron chi connectivity index (χ0n) is 17.4. The number of carbonyl (C=O) groups is 3. The molecule has 8 nitrogen and oxygen atoms in total. The van der Waals surface area contributed by atoms with Crippen LogP contribution in [0, 0.1) is 0 Å². The highest BCUT2D eigenvalue weighted by atomic mass is 16.6. The molecule has 0 unspecified atom stereocenters. The molecule has 1 aliphatic rings. The summed E-state index contributed by atoms with van der Waals surface area (Å²) in [7, 11) is 0. The number of nitrogens with one attached hydrogen (secondary N) is 2. The molecule has 1 aliphatic heterocycles. The SMILES string of the molecule is C=C(C)C[C@]1(NC(=O)OCc2ccccc2)CCN(NC(=O)OC(C)(C)C)C1=O. The predicted octanol–water partition coefficient (Wildman–Crippen LogP) is 3.29. The Labute approximate surface area is 171 Å². The van der Waals surface area contributed by atoms with Crippen molar-refractivity contribution in [3.63, 3.8) is 0 Å². The average Bonchev–Trinajstić information content (AvgIpc) is 2.88. The Kier molecular flexibility index (Phi) is 6.89. The molecule has 0 aliphatic carbocycles. The summed E-state index contributed by atoms with van der Waals surface area (Å²) in [6, 6.07) is 9.24. The van der Waals surface area contributed by atoms with Gasteiger partial charge in [-0.2, -0.15) is 0 Å². The molecule has 1 aromatic rings. The van der Waals surface area contributed by atoms with Crippen LogP contribution in [0.1, 0.15) is 46.1 Å². The standard InChI is InChI=1S/C21H29N3O5/c1-15(2)13-21(22-18(26)28-14-16-9-7-6-8-10-16)11-12-24(17(21)25)23-19(27)29-20(3,4)5/h6-10H,1,11-14H2,2-5H3,(H,22,26)(H,23,27)/t21-/m1/s1. The van der Waals surface area contributed by atoms with Crippen LogP contribution in [-0.4, -0.2) is 40.8 Å². The topological polar surface area (TPSA) is 97.0 Å². The van der Waals surface area contributed by atoms with Crippen LogP contribution in [0.3, 0.4) is 0 Å². The van der Waals surface area contributed by atoms with Gasteiger partial charge in [-0.1, -0.05) is 35.9 Å². The number of carbonyl (C=O) groups excluding carboxylic acids is 3. The van der Waals surface area contributed by atoms with Crippen molar-refractivity contribution in [1.29, 1.82) is 0 Å². The van der Waals surface area contributed by atoms with E-state index in [9.17, 15) is 14.4 Å². The first-order valence-electron chi connectivity index (χ1n) is 9.46. The van der Waals surface area contributed by atoms with E-state index in [2.05, 4.69) is 17.3 Å². The molecule has 2 N–H and O–H groups in total. The molecule has 0 bridgehead atoms. The summed E-state index contributed by atoms with van der Waals surface area (Å²) in [4.78, 5) is 37.4. The van der Waals surface area contributed by atoms with Gasteiger partial charge in [0.25, 0.3) is 5.91 Å². The monoisotopic (exact) mass is 403 g/mol. The number of hydrazine groups is 1. The van der Waals surface area contributed by atoms with Gasteiger partial charge in [0.15, 0.2) is 0 Å². The average molecular weight is 403 g/mol. The Morgan fingerprint density at radius 1 is 1.21 bits per heavy atom. The zero-order valence-corrected chi connectivity index (χ0v) is 17.4. The molecule has 29 heavy (non-hydrogen) atoms. The summed E-state index contributed by atoms with van der Waals surface area (Å²) in [5, 5.41) is 3.85. The van der Waals surface area contributed by atoms with E-state index in [0.717, 1.165) is 16.1 Å². The summed E-state index contributed by atoms with van der Waals surface area (Å²) < 4.78 is 10.5. The quantitative estimate of drug-likeness (QED) is 0.711. The Bertz CT molecular complexity index is 772. The molecular weight excluding hydrogens is 374 g/mol. The van der Waals surface area contributed by atoms with Crippen molar-refractivity contribution in [2.45, 2.75) is 58.3 Å². The van der Waals surface area contributed by atoms with E-state index in [1.807, 2.05) is 30.3 Å². The van der Waals surface area contributed by atoms with Gasteiger partial charge in [-0.05, 0) is 39.7 Å². The van der Waals surface area contributed by atoms with Crippen LogP contribution in [0.15, 0.2) is 42.5 Å². The highest BCUT2D eigenvalue weighted by molar-refractivity contribution is 5.93. The number of hydrogen-bond donors (Lipinski definition) is 2. The largest absolute Gasteiger partial charge is 0.445 e. The molecule has 0 radical (unpaired) electrons. The molecule has 1 aromatic carbocycles. The Morgan fingerprint density at radius 2 is 1.86 bits per heavy atom. The van der Waals surface area contributed by atoms with E-state index in [0.29, 0.717) is 6.42 Å². The third-order valence-electron chi connectivity index (χ3n) is 4.20. The van der Waals surface area contributed by atoms with Gasteiger partial charge in [-0.15, -0.1) is 6.58 Å². The predicted molar refractivity (Wildman–Crippen MR) is 108 cm³/mol. The molecule has 0 saturated carbocycles. The molecule has 3 amide bonds. The maximum absolute atomic E-state index is 13.0. The summed E-state index contributed by atoms with van der Waals surface area (Å²) >= 11 is 0. The van der Waals surface area contributed by atoms with E-state index < -0.39 is 29.2 Å². The second-order valence-corrected chi connectivity index (χ2v) is 8.22. The third kappa shape index (κ3) is 6.51. The van der Waals surface area contributed by atoms with Crippen LogP contribution in [0.2, 0.25) is 0 Å². The molecular formula is C21H29N3O5. The minimum atomic E-state index is -1.23. The van der Waals surface area contributed by atoms with E-state index in [1.165, 1.54) is 0 Å². The number of ether oxygens (including phenoxy) is 2. The van der Waals surface area contributed by atoms with Crippen LogP contribution < -0.4 is 10.7 Å².